The molecule has 0 bridgehead atoms. The Kier molecular flexibility index (Phi) is 3.17. The second kappa shape index (κ2) is 4.44. The molecule has 3 heteroatoms. The predicted molar refractivity (Wildman–Crippen MR) is 61.6 cm³/mol. The van der Waals surface area contributed by atoms with E-state index in [9.17, 15) is 0 Å². The molecule has 0 N–H and O–H groups in total. The highest BCUT2D eigenvalue weighted by atomic mass is 16.7. The van der Waals surface area contributed by atoms with E-state index in [-0.39, 0.29) is 18.5 Å². The van der Waals surface area contributed by atoms with Crippen LogP contribution < -0.4 is 4.74 Å². The fourth-order valence-electron chi connectivity index (χ4n) is 1.85. The number of hydrogen-bond donors (Lipinski definition) is 0. The number of methoxy groups -OCH3 is 1. The molecular weight excluding hydrogens is 204 g/mol. The first-order chi connectivity index (χ1) is 7.61. The zero-order valence-electron chi connectivity index (χ0n) is 10.2. The molecule has 2 unspecified atom stereocenters. The van der Waals surface area contributed by atoms with Crippen LogP contribution in [0.5, 0.6) is 5.75 Å². The summed E-state index contributed by atoms with van der Waals surface area (Å²) in [4.78, 5) is 0. The average molecular weight is 222 g/mol. The Morgan fingerprint density at radius 1 is 1.12 bits per heavy atom. The van der Waals surface area contributed by atoms with Crippen LogP contribution in [0.25, 0.3) is 0 Å². The first-order valence-corrected chi connectivity index (χ1v) is 5.57. The van der Waals surface area contributed by atoms with E-state index < -0.39 is 0 Å². The molecule has 1 aliphatic heterocycles. The summed E-state index contributed by atoms with van der Waals surface area (Å²) in [6.45, 7) is 6.08. The van der Waals surface area contributed by atoms with E-state index in [1.54, 1.807) is 7.11 Å². The average Bonchev–Trinajstić information content (AvgIpc) is 2.59. The zero-order chi connectivity index (χ0) is 11.7. The maximum absolute atomic E-state index is 5.73. The van der Waals surface area contributed by atoms with Crippen LogP contribution in [0.15, 0.2) is 18.2 Å². The van der Waals surface area contributed by atoms with Gasteiger partial charge in [0.2, 0.25) is 0 Å². The normalized spacial score (nSPS) is 29.4. The highest BCUT2D eigenvalue weighted by Crippen LogP contribution is 2.32. The Bertz CT molecular complexity index is 365. The molecule has 2 rings (SSSR count). The first-order valence-electron chi connectivity index (χ1n) is 5.57. The van der Waals surface area contributed by atoms with Crippen molar-refractivity contribution in [1.29, 1.82) is 0 Å². The lowest BCUT2D eigenvalue weighted by molar-refractivity contribution is -0.0653. The van der Waals surface area contributed by atoms with E-state index in [1.807, 2.05) is 39.0 Å². The topological polar surface area (TPSA) is 27.7 Å². The Morgan fingerprint density at radius 2 is 1.75 bits per heavy atom. The van der Waals surface area contributed by atoms with E-state index in [0.29, 0.717) is 0 Å². The predicted octanol–water partition coefficient (Wildman–Crippen LogP) is 2.83. The van der Waals surface area contributed by atoms with Crippen LogP contribution in [0.1, 0.15) is 31.3 Å². The second-order valence-corrected chi connectivity index (χ2v) is 4.24. The van der Waals surface area contributed by atoms with Gasteiger partial charge in [0.15, 0.2) is 6.29 Å². The molecule has 1 heterocycles. The molecule has 1 fully saturated rings. The van der Waals surface area contributed by atoms with E-state index in [1.165, 1.54) is 0 Å². The molecule has 88 valence electrons. The van der Waals surface area contributed by atoms with Crippen molar-refractivity contribution in [3.8, 4) is 5.75 Å². The summed E-state index contributed by atoms with van der Waals surface area (Å²) in [5, 5.41) is 0. The minimum atomic E-state index is -0.241. The minimum absolute atomic E-state index is 0.146. The van der Waals surface area contributed by atoms with Crippen LogP contribution in [0, 0.1) is 6.92 Å². The summed E-state index contributed by atoms with van der Waals surface area (Å²) in [5.41, 5.74) is 2.15. The molecule has 0 aliphatic carbocycles. The fourth-order valence-corrected chi connectivity index (χ4v) is 1.85. The lowest BCUT2D eigenvalue weighted by atomic mass is 10.1. The van der Waals surface area contributed by atoms with Gasteiger partial charge >= 0.3 is 0 Å². The summed E-state index contributed by atoms with van der Waals surface area (Å²) in [6, 6.07) is 5.99. The summed E-state index contributed by atoms with van der Waals surface area (Å²) in [5.74, 6) is 0.892. The van der Waals surface area contributed by atoms with E-state index in [0.717, 1.165) is 16.9 Å². The SMILES string of the molecule is COc1ccc(C2OC(C)C(C)O2)cc1C. The molecule has 1 aromatic rings. The van der Waals surface area contributed by atoms with E-state index >= 15 is 0 Å². The van der Waals surface area contributed by atoms with Gasteiger partial charge in [-0.2, -0.15) is 0 Å². The van der Waals surface area contributed by atoms with E-state index in [2.05, 4.69) is 0 Å². The van der Waals surface area contributed by atoms with Crippen LogP contribution in [0.2, 0.25) is 0 Å². The molecular formula is C13H18O3. The summed E-state index contributed by atoms with van der Waals surface area (Å²) < 4.78 is 16.7. The van der Waals surface area contributed by atoms with Crippen molar-refractivity contribution in [2.75, 3.05) is 7.11 Å². The van der Waals surface area contributed by atoms with Crippen LogP contribution in [0.4, 0.5) is 0 Å². The smallest absolute Gasteiger partial charge is 0.184 e. The van der Waals surface area contributed by atoms with Crippen LogP contribution in [-0.4, -0.2) is 19.3 Å². The van der Waals surface area contributed by atoms with Crippen molar-refractivity contribution in [3.63, 3.8) is 0 Å². The van der Waals surface area contributed by atoms with Gasteiger partial charge in [-0.3, -0.25) is 0 Å². The van der Waals surface area contributed by atoms with Gasteiger partial charge in [-0.15, -0.1) is 0 Å². The Hall–Kier alpha value is -1.06. The Balaban J connectivity index is 2.19. The third-order valence-electron chi connectivity index (χ3n) is 3.03. The highest BCUT2D eigenvalue weighted by molar-refractivity contribution is 5.36. The first kappa shape index (κ1) is 11.4. The molecule has 0 saturated carbocycles. The van der Waals surface area contributed by atoms with Crippen LogP contribution in [-0.2, 0) is 9.47 Å². The Labute approximate surface area is 96.3 Å². The van der Waals surface area contributed by atoms with Crippen molar-refractivity contribution in [2.24, 2.45) is 0 Å². The zero-order valence-corrected chi connectivity index (χ0v) is 10.2. The van der Waals surface area contributed by atoms with Crippen LogP contribution >= 0.6 is 0 Å². The van der Waals surface area contributed by atoms with Crippen molar-refractivity contribution in [2.45, 2.75) is 39.3 Å². The summed E-state index contributed by atoms with van der Waals surface area (Å²) >= 11 is 0. The van der Waals surface area contributed by atoms with Crippen molar-refractivity contribution < 1.29 is 14.2 Å². The quantitative estimate of drug-likeness (QED) is 0.770. The number of aryl methyl sites for hydroxylation is 1. The summed E-state index contributed by atoms with van der Waals surface area (Å²) in [6.07, 6.45) is 0.0504. The van der Waals surface area contributed by atoms with Crippen LogP contribution in [0.3, 0.4) is 0 Å². The van der Waals surface area contributed by atoms with Gasteiger partial charge in [-0.05, 0) is 38.5 Å². The van der Waals surface area contributed by atoms with Crippen molar-refractivity contribution >= 4 is 0 Å². The van der Waals surface area contributed by atoms with Gasteiger partial charge in [-0.1, -0.05) is 6.07 Å². The highest BCUT2D eigenvalue weighted by Gasteiger charge is 2.30. The molecule has 0 spiro atoms. The number of rotatable bonds is 2. The van der Waals surface area contributed by atoms with Gasteiger partial charge in [0, 0.05) is 5.56 Å². The molecule has 1 aliphatic rings. The third kappa shape index (κ3) is 2.06. The largest absolute Gasteiger partial charge is 0.496 e. The number of hydrogen-bond acceptors (Lipinski definition) is 3. The fraction of sp³-hybridized carbons (Fsp3) is 0.538. The van der Waals surface area contributed by atoms with Crippen molar-refractivity contribution in [1.82, 2.24) is 0 Å². The lowest BCUT2D eigenvalue weighted by Crippen LogP contribution is -2.13. The Morgan fingerprint density at radius 3 is 2.25 bits per heavy atom. The third-order valence-corrected chi connectivity index (χ3v) is 3.03. The molecule has 1 saturated heterocycles. The molecule has 3 nitrogen and oxygen atoms in total. The molecule has 2 atom stereocenters. The van der Waals surface area contributed by atoms with Gasteiger partial charge < -0.3 is 14.2 Å². The van der Waals surface area contributed by atoms with E-state index in [4.69, 9.17) is 14.2 Å². The molecule has 16 heavy (non-hydrogen) atoms. The monoisotopic (exact) mass is 222 g/mol. The van der Waals surface area contributed by atoms with Gasteiger partial charge in [0.25, 0.3) is 0 Å². The van der Waals surface area contributed by atoms with Crippen molar-refractivity contribution in [3.05, 3.63) is 29.3 Å². The number of benzene rings is 1. The molecule has 0 radical (unpaired) electrons. The standard InChI is InChI=1S/C13H18O3/c1-8-7-11(5-6-12(8)14-4)13-15-9(2)10(3)16-13/h5-7,9-10,13H,1-4H3. The molecule has 0 amide bonds. The minimum Gasteiger partial charge on any atom is -0.496 e. The molecule has 0 aromatic heterocycles. The lowest BCUT2D eigenvalue weighted by Gasteiger charge is -2.12. The van der Waals surface area contributed by atoms with Gasteiger partial charge in [0.05, 0.1) is 19.3 Å². The second-order valence-electron chi connectivity index (χ2n) is 4.24. The summed E-state index contributed by atoms with van der Waals surface area (Å²) in [7, 11) is 1.68. The van der Waals surface area contributed by atoms with Gasteiger partial charge in [0.1, 0.15) is 5.75 Å². The maximum Gasteiger partial charge on any atom is 0.184 e. The van der Waals surface area contributed by atoms with Gasteiger partial charge in [-0.25, -0.2) is 0 Å². The number of ether oxygens (including phenoxy) is 3. The maximum atomic E-state index is 5.73. The molecule has 1 aromatic carbocycles.